The Bertz CT molecular complexity index is 91.6. The normalized spacial score (nSPS) is 24.6. The summed E-state index contributed by atoms with van der Waals surface area (Å²) in [7, 11) is 0. The Morgan fingerprint density at radius 3 is 2.60 bits per heavy atom. The smallest absolute Gasteiger partial charge is 0.107 e. The van der Waals surface area contributed by atoms with Crippen LogP contribution in [-0.4, -0.2) is 42.5 Å². The van der Waals surface area contributed by atoms with Crippen LogP contribution in [0.2, 0.25) is 0 Å². The van der Waals surface area contributed by atoms with Crippen molar-refractivity contribution < 1.29 is 9.84 Å². The van der Waals surface area contributed by atoms with Crippen molar-refractivity contribution in [3.05, 3.63) is 6.92 Å². The Morgan fingerprint density at radius 2 is 2.10 bits per heavy atom. The van der Waals surface area contributed by atoms with E-state index in [9.17, 15) is 5.11 Å². The van der Waals surface area contributed by atoms with Gasteiger partial charge < -0.3 is 9.84 Å². The maximum absolute atomic E-state index is 9.29. The summed E-state index contributed by atoms with van der Waals surface area (Å²) in [6.07, 6.45) is 0.184. The monoisotopic (exact) mass is 144 g/mol. The third-order valence-corrected chi connectivity index (χ3v) is 1.73. The fraction of sp³-hybridized carbons (Fsp3) is 0.857. The maximum atomic E-state index is 9.29. The molecule has 3 heteroatoms. The van der Waals surface area contributed by atoms with Crippen molar-refractivity contribution in [1.29, 1.82) is 0 Å². The van der Waals surface area contributed by atoms with Crippen LogP contribution in [0.4, 0.5) is 0 Å². The van der Waals surface area contributed by atoms with E-state index in [1.54, 1.807) is 0 Å². The predicted molar refractivity (Wildman–Crippen MR) is 38.4 cm³/mol. The van der Waals surface area contributed by atoms with Crippen LogP contribution in [0.15, 0.2) is 0 Å². The van der Waals surface area contributed by atoms with Gasteiger partial charge in [0.05, 0.1) is 13.2 Å². The van der Waals surface area contributed by atoms with E-state index in [1.165, 1.54) is 0 Å². The Kier molecular flexibility index (Phi) is 3.12. The molecular formula is C7H14NO2. The Labute approximate surface area is 61.6 Å². The first kappa shape index (κ1) is 7.98. The number of aliphatic hydroxyl groups excluding tert-OH is 1. The zero-order valence-electron chi connectivity index (χ0n) is 6.12. The highest BCUT2D eigenvalue weighted by Gasteiger charge is 2.15. The molecule has 0 aliphatic carbocycles. The van der Waals surface area contributed by atoms with Crippen LogP contribution < -0.4 is 0 Å². The van der Waals surface area contributed by atoms with Gasteiger partial charge in [0.2, 0.25) is 0 Å². The molecule has 1 unspecified atom stereocenters. The largest absolute Gasteiger partial charge is 0.379 e. The molecule has 59 valence electrons. The van der Waals surface area contributed by atoms with Crippen LogP contribution in [0, 0.1) is 6.92 Å². The molecule has 1 aliphatic heterocycles. The second-order valence-corrected chi connectivity index (χ2v) is 2.42. The topological polar surface area (TPSA) is 32.7 Å². The summed E-state index contributed by atoms with van der Waals surface area (Å²) in [4.78, 5) is 1.98. The summed E-state index contributed by atoms with van der Waals surface area (Å²) in [5, 5.41) is 9.29. The van der Waals surface area contributed by atoms with Gasteiger partial charge in [-0.15, -0.1) is 0 Å². The van der Waals surface area contributed by atoms with Crippen LogP contribution in [-0.2, 0) is 4.74 Å². The van der Waals surface area contributed by atoms with Gasteiger partial charge in [-0.1, -0.05) is 0 Å². The highest BCUT2D eigenvalue weighted by atomic mass is 16.5. The summed E-state index contributed by atoms with van der Waals surface area (Å²) >= 11 is 0. The first-order valence-corrected chi connectivity index (χ1v) is 3.63. The van der Waals surface area contributed by atoms with Gasteiger partial charge in [0.15, 0.2) is 0 Å². The lowest BCUT2D eigenvalue weighted by Crippen LogP contribution is -2.43. The summed E-state index contributed by atoms with van der Waals surface area (Å²) < 4.78 is 5.12. The second-order valence-electron chi connectivity index (χ2n) is 2.42. The summed E-state index contributed by atoms with van der Waals surface area (Å²) in [5.74, 6) is 0. The van der Waals surface area contributed by atoms with Gasteiger partial charge in [0.25, 0.3) is 0 Å². The molecule has 0 bridgehead atoms. The number of rotatable bonds is 2. The third kappa shape index (κ3) is 1.94. The van der Waals surface area contributed by atoms with Crippen LogP contribution in [0.25, 0.3) is 0 Å². The van der Waals surface area contributed by atoms with E-state index in [1.807, 2.05) is 4.90 Å². The summed E-state index contributed by atoms with van der Waals surface area (Å²) in [6, 6.07) is 0. The molecule has 1 radical (unpaired) electrons. The molecular weight excluding hydrogens is 130 g/mol. The number of hydrogen-bond donors (Lipinski definition) is 1. The Hall–Kier alpha value is -0.120. The van der Waals surface area contributed by atoms with Crippen molar-refractivity contribution in [1.82, 2.24) is 4.90 Å². The molecule has 1 saturated heterocycles. The molecule has 0 saturated carbocycles. The third-order valence-electron chi connectivity index (χ3n) is 1.73. The van der Waals surface area contributed by atoms with E-state index in [0.29, 0.717) is 6.42 Å². The zero-order valence-corrected chi connectivity index (χ0v) is 6.12. The average molecular weight is 144 g/mol. The minimum atomic E-state index is -0.371. The SMILES string of the molecule is [CH2]CC(O)N1CCOCC1. The van der Waals surface area contributed by atoms with Gasteiger partial charge in [-0.05, 0) is 13.3 Å². The van der Waals surface area contributed by atoms with Crippen molar-refractivity contribution in [2.75, 3.05) is 26.3 Å². The van der Waals surface area contributed by atoms with Gasteiger partial charge in [-0.2, -0.15) is 0 Å². The van der Waals surface area contributed by atoms with E-state index < -0.39 is 0 Å². The molecule has 0 spiro atoms. The van der Waals surface area contributed by atoms with Gasteiger partial charge in [-0.3, -0.25) is 4.90 Å². The average Bonchev–Trinajstić information content (AvgIpc) is 2.05. The van der Waals surface area contributed by atoms with Crippen LogP contribution in [0.5, 0.6) is 0 Å². The van der Waals surface area contributed by atoms with E-state index in [2.05, 4.69) is 6.92 Å². The lowest BCUT2D eigenvalue weighted by Gasteiger charge is -2.30. The lowest BCUT2D eigenvalue weighted by molar-refractivity contribution is -0.0566. The number of ether oxygens (including phenoxy) is 1. The first-order chi connectivity index (χ1) is 4.84. The molecule has 0 amide bonds. The number of aliphatic hydroxyl groups is 1. The minimum Gasteiger partial charge on any atom is -0.379 e. The predicted octanol–water partition coefficient (Wildman–Crippen LogP) is -0.139. The fourth-order valence-corrected chi connectivity index (χ4v) is 1.06. The van der Waals surface area contributed by atoms with Gasteiger partial charge in [0, 0.05) is 13.1 Å². The molecule has 1 heterocycles. The molecule has 1 N–H and O–H groups in total. The molecule has 0 aromatic rings. The molecule has 0 aromatic carbocycles. The molecule has 1 atom stereocenters. The van der Waals surface area contributed by atoms with Crippen LogP contribution >= 0.6 is 0 Å². The zero-order chi connectivity index (χ0) is 7.40. The Balaban J connectivity index is 2.24. The van der Waals surface area contributed by atoms with E-state index in [0.717, 1.165) is 26.3 Å². The van der Waals surface area contributed by atoms with Gasteiger partial charge in [-0.25, -0.2) is 0 Å². The van der Waals surface area contributed by atoms with E-state index >= 15 is 0 Å². The molecule has 1 aliphatic rings. The Morgan fingerprint density at radius 1 is 1.50 bits per heavy atom. The number of nitrogens with zero attached hydrogens (tertiary/aromatic N) is 1. The van der Waals surface area contributed by atoms with Crippen molar-refractivity contribution in [2.45, 2.75) is 12.6 Å². The highest BCUT2D eigenvalue weighted by Crippen LogP contribution is 2.03. The van der Waals surface area contributed by atoms with Gasteiger partial charge in [0.1, 0.15) is 6.23 Å². The molecule has 1 rings (SSSR count). The minimum absolute atomic E-state index is 0.371. The van der Waals surface area contributed by atoms with Crippen molar-refractivity contribution in [3.8, 4) is 0 Å². The molecule has 0 aromatic heterocycles. The standard InChI is InChI=1S/C7H14NO2/c1-2-7(9)8-3-5-10-6-4-8/h7,9H,1-6H2. The molecule has 3 nitrogen and oxygen atoms in total. The van der Waals surface area contributed by atoms with Gasteiger partial charge >= 0.3 is 0 Å². The number of morpholine rings is 1. The second kappa shape index (κ2) is 3.91. The van der Waals surface area contributed by atoms with Crippen LogP contribution in [0.1, 0.15) is 6.42 Å². The van der Waals surface area contributed by atoms with Crippen LogP contribution in [0.3, 0.4) is 0 Å². The van der Waals surface area contributed by atoms with Crippen molar-refractivity contribution in [3.63, 3.8) is 0 Å². The van der Waals surface area contributed by atoms with E-state index in [4.69, 9.17) is 4.74 Å². The first-order valence-electron chi connectivity index (χ1n) is 3.63. The fourth-order valence-electron chi connectivity index (χ4n) is 1.06. The molecule has 10 heavy (non-hydrogen) atoms. The quantitative estimate of drug-likeness (QED) is 0.585. The van der Waals surface area contributed by atoms with E-state index in [-0.39, 0.29) is 6.23 Å². The summed E-state index contributed by atoms with van der Waals surface area (Å²) in [5.41, 5.74) is 0. The lowest BCUT2D eigenvalue weighted by atomic mass is 10.3. The van der Waals surface area contributed by atoms with Crippen molar-refractivity contribution in [2.24, 2.45) is 0 Å². The molecule has 1 fully saturated rings. The number of hydrogen-bond acceptors (Lipinski definition) is 3. The van der Waals surface area contributed by atoms with Crippen molar-refractivity contribution >= 4 is 0 Å². The summed E-state index contributed by atoms with van der Waals surface area (Å²) in [6.45, 7) is 6.75. The highest BCUT2D eigenvalue weighted by molar-refractivity contribution is 4.65. The maximum Gasteiger partial charge on any atom is 0.107 e.